The summed E-state index contributed by atoms with van der Waals surface area (Å²) in [5.41, 5.74) is 0.601. The van der Waals surface area contributed by atoms with Crippen LogP contribution in [-0.4, -0.2) is 30.3 Å². The molecule has 0 heterocycles. The fourth-order valence-corrected chi connectivity index (χ4v) is 1.63. The summed E-state index contributed by atoms with van der Waals surface area (Å²) in [6, 6.07) is 7.54. The maximum Gasteiger partial charge on any atom is 0.244 e. The fraction of sp³-hybridized carbons (Fsp3) is 0.471. The van der Waals surface area contributed by atoms with E-state index in [2.05, 4.69) is 5.32 Å². The number of rotatable bonds is 6. The molecule has 21 heavy (non-hydrogen) atoms. The Bertz CT molecular complexity index is 489. The number of hydrogen-bond acceptors (Lipinski definition) is 3. The van der Waals surface area contributed by atoms with E-state index in [4.69, 9.17) is 4.74 Å². The molecule has 0 saturated carbocycles. The number of hydrogen-bond donors (Lipinski definition) is 2. The van der Waals surface area contributed by atoms with E-state index in [0.717, 1.165) is 11.3 Å². The van der Waals surface area contributed by atoms with Gasteiger partial charge < -0.3 is 15.2 Å². The van der Waals surface area contributed by atoms with Crippen molar-refractivity contribution < 1.29 is 14.6 Å². The van der Waals surface area contributed by atoms with Crippen LogP contribution in [0.1, 0.15) is 33.3 Å². The first-order valence-electron chi connectivity index (χ1n) is 7.20. The molecular formula is C17H25NO3. The standard InChI is InChI=1S/C17H25NO3/c1-5-21-14-9-7-6-8-13(14)10-11-16(20)18-12-15(19)17(2,3)4/h6-11,15,19H,5,12H2,1-4H3,(H,18,20)/b11-10+. The molecule has 0 aliphatic heterocycles. The Balaban J connectivity index is 2.59. The van der Waals surface area contributed by atoms with Gasteiger partial charge in [-0.25, -0.2) is 0 Å². The van der Waals surface area contributed by atoms with E-state index in [1.807, 2.05) is 52.0 Å². The summed E-state index contributed by atoms with van der Waals surface area (Å²) in [7, 11) is 0. The molecule has 0 saturated heterocycles. The molecule has 0 spiro atoms. The third-order valence-corrected chi connectivity index (χ3v) is 3.10. The van der Waals surface area contributed by atoms with Crippen molar-refractivity contribution in [2.24, 2.45) is 5.41 Å². The van der Waals surface area contributed by atoms with Crippen molar-refractivity contribution in [1.82, 2.24) is 5.32 Å². The van der Waals surface area contributed by atoms with E-state index < -0.39 is 6.10 Å². The molecule has 116 valence electrons. The minimum atomic E-state index is -0.578. The molecule has 0 aliphatic carbocycles. The SMILES string of the molecule is CCOc1ccccc1/C=C/C(=O)NCC(O)C(C)(C)C. The van der Waals surface area contributed by atoms with E-state index in [1.54, 1.807) is 6.08 Å². The Kier molecular flexibility index (Phi) is 6.43. The second-order valence-corrected chi connectivity index (χ2v) is 5.93. The number of ether oxygens (including phenoxy) is 1. The first-order valence-corrected chi connectivity index (χ1v) is 7.20. The average Bonchev–Trinajstić information content (AvgIpc) is 2.43. The third kappa shape index (κ3) is 6.00. The number of aliphatic hydroxyl groups is 1. The molecule has 2 N–H and O–H groups in total. The topological polar surface area (TPSA) is 58.6 Å². The van der Waals surface area contributed by atoms with Gasteiger partial charge in [0.25, 0.3) is 0 Å². The van der Waals surface area contributed by atoms with Gasteiger partial charge in [0, 0.05) is 18.2 Å². The number of carbonyl (C=O) groups excluding carboxylic acids is 1. The molecule has 1 rings (SSSR count). The van der Waals surface area contributed by atoms with Crippen molar-refractivity contribution in [3.63, 3.8) is 0 Å². The summed E-state index contributed by atoms with van der Waals surface area (Å²) in [4.78, 5) is 11.8. The Morgan fingerprint density at radius 1 is 1.38 bits per heavy atom. The predicted molar refractivity (Wildman–Crippen MR) is 85.1 cm³/mol. The van der Waals surface area contributed by atoms with Gasteiger partial charge >= 0.3 is 0 Å². The summed E-state index contributed by atoms with van der Waals surface area (Å²) in [6.07, 6.45) is 2.59. The summed E-state index contributed by atoms with van der Waals surface area (Å²) in [5, 5.41) is 12.6. The minimum absolute atomic E-state index is 0.232. The van der Waals surface area contributed by atoms with Gasteiger partial charge in [0.1, 0.15) is 5.75 Å². The second kappa shape index (κ2) is 7.84. The van der Waals surface area contributed by atoms with E-state index in [1.165, 1.54) is 6.08 Å². The summed E-state index contributed by atoms with van der Waals surface area (Å²) in [5.74, 6) is 0.517. The maximum absolute atomic E-state index is 11.8. The molecule has 1 amide bonds. The highest BCUT2D eigenvalue weighted by atomic mass is 16.5. The van der Waals surface area contributed by atoms with Crippen molar-refractivity contribution in [2.45, 2.75) is 33.8 Å². The van der Waals surface area contributed by atoms with Gasteiger partial charge in [0.15, 0.2) is 0 Å². The van der Waals surface area contributed by atoms with Crippen LogP contribution in [0, 0.1) is 5.41 Å². The van der Waals surface area contributed by atoms with Crippen molar-refractivity contribution >= 4 is 12.0 Å². The molecule has 0 aliphatic rings. The third-order valence-electron chi connectivity index (χ3n) is 3.10. The first-order chi connectivity index (χ1) is 9.84. The van der Waals surface area contributed by atoms with Crippen molar-refractivity contribution in [2.75, 3.05) is 13.2 Å². The summed E-state index contributed by atoms with van der Waals surface area (Å²) < 4.78 is 5.49. The molecule has 1 aromatic rings. The number of benzene rings is 1. The molecule has 1 unspecified atom stereocenters. The molecule has 0 radical (unpaired) electrons. The molecule has 0 bridgehead atoms. The Labute approximate surface area is 126 Å². The van der Waals surface area contributed by atoms with Gasteiger partial charge in [-0.3, -0.25) is 4.79 Å². The second-order valence-electron chi connectivity index (χ2n) is 5.93. The van der Waals surface area contributed by atoms with E-state index in [0.29, 0.717) is 6.61 Å². The van der Waals surface area contributed by atoms with Gasteiger partial charge in [-0.2, -0.15) is 0 Å². The smallest absolute Gasteiger partial charge is 0.244 e. The van der Waals surface area contributed by atoms with E-state index in [9.17, 15) is 9.90 Å². The van der Waals surface area contributed by atoms with Gasteiger partial charge in [-0.1, -0.05) is 39.0 Å². The molecular weight excluding hydrogens is 266 g/mol. The maximum atomic E-state index is 11.8. The van der Waals surface area contributed by atoms with Gasteiger partial charge in [-0.15, -0.1) is 0 Å². The van der Waals surface area contributed by atoms with Crippen LogP contribution in [0.3, 0.4) is 0 Å². The predicted octanol–water partition coefficient (Wildman–Crippen LogP) is 2.62. The highest BCUT2D eigenvalue weighted by Gasteiger charge is 2.21. The normalized spacial score (nSPS) is 13.2. The molecule has 1 aromatic carbocycles. The molecule has 1 atom stereocenters. The van der Waals surface area contributed by atoms with Crippen LogP contribution < -0.4 is 10.1 Å². The van der Waals surface area contributed by atoms with Crippen LogP contribution in [0.15, 0.2) is 30.3 Å². The Hall–Kier alpha value is -1.81. The number of amides is 1. The zero-order valence-electron chi connectivity index (χ0n) is 13.2. The van der Waals surface area contributed by atoms with Crippen molar-refractivity contribution in [3.8, 4) is 5.75 Å². The van der Waals surface area contributed by atoms with Gasteiger partial charge in [0.2, 0.25) is 5.91 Å². The van der Waals surface area contributed by atoms with Crippen LogP contribution >= 0.6 is 0 Å². The lowest BCUT2D eigenvalue weighted by molar-refractivity contribution is -0.117. The van der Waals surface area contributed by atoms with Gasteiger partial charge in [0.05, 0.1) is 12.7 Å². The summed E-state index contributed by atoms with van der Waals surface area (Å²) >= 11 is 0. The highest BCUT2D eigenvalue weighted by Crippen LogP contribution is 2.19. The molecule has 0 aromatic heterocycles. The molecule has 0 fully saturated rings. The van der Waals surface area contributed by atoms with Crippen LogP contribution in [0.25, 0.3) is 6.08 Å². The minimum Gasteiger partial charge on any atom is -0.493 e. The number of para-hydroxylation sites is 1. The van der Waals surface area contributed by atoms with Gasteiger partial charge in [-0.05, 0) is 24.5 Å². The van der Waals surface area contributed by atoms with Crippen LogP contribution in [0.2, 0.25) is 0 Å². The Morgan fingerprint density at radius 2 is 2.05 bits per heavy atom. The molecule has 4 heteroatoms. The average molecular weight is 291 g/mol. The van der Waals surface area contributed by atoms with E-state index in [-0.39, 0.29) is 17.9 Å². The zero-order valence-corrected chi connectivity index (χ0v) is 13.2. The Morgan fingerprint density at radius 3 is 2.67 bits per heavy atom. The van der Waals surface area contributed by atoms with Crippen molar-refractivity contribution in [1.29, 1.82) is 0 Å². The lowest BCUT2D eigenvalue weighted by Crippen LogP contribution is -2.38. The number of aliphatic hydroxyl groups excluding tert-OH is 1. The summed E-state index contributed by atoms with van der Waals surface area (Å²) in [6.45, 7) is 8.52. The fourth-order valence-electron chi connectivity index (χ4n) is 1.63. The molecule has 4 nitrogen and oxygen atoms in total. The monoisotopic (exact) mass is 291 g/mol. The first kappa shape index (κ1) is 17.2. The largest absolute Gasteiger partial charge is 0.493 e. The number of carbonyl (C=O) groups is 1. The zero-order chi connectivity index (χ0) is 15.9. The van der Waals surface area contributed by atoms with E-state index >= 15 is 0 Å². The highest BCUT2D eigenvalue weighted by molar-refractivity contribution is 5.92. The quantitative estimate of drug-likeness (QED) is 0.792. The lowest BCUT2D eigenvalue weighted by atomic mass is 9.89. The lowest BCUT2D eigenvalue weighted by Gasteiger charge is -2.25. The van der Waals surface area contributed by atoms with Crippen molar-refractivity contribution in [3.05, 3.63) is 35.9 Å². The van der Waals surface area contributed by atoms with Crippen LogP contribution in [0.4, 0.5) is 0 Å². The van der Waals surface area contributed by atoms with Crippen LogP contribution in [0.5, 0.6) is 5.75 Å². The number of nitrogens with one attached hydrogen (secondary N) is 1. The van der Waals surface area contributed by atoms with Crippen LogP contribution in [-0.2, 0) is 4.79 Å².